The van der Waals surface area contributed by atoms with E-state index >= 15 is 0 Å². The van der Waals surface area contributed by atoms with Gasteiger partial charge in [-0.3, -0.25) is 4.79 Å². The van der Waals surface area contributed by atoms with Crippen molar-refractivity contribution >= 4 is 29.0 Å². The third kappa shape index (κ3) is 4.44. The molecule has 2 heterocycles. The monoisotopic (exact) mass is 405 g/mol. The van der Waals surface area contributed by atoms with Gasteiger partial charge in [-0.05, 0) is 45.6 Å². The fraction of sp³-hybridized carbons (Fsp3) is 0.0476. The molecule has 6 nitrogen and oxygen atoms in total. The Balaban J connectivity index is 1.65. The number of tetrazole rings is 1. The third-order valence-corrected chi connectivity index (χ3v) is 4.97. The second-order valence-corrected chi connectivity index (χ2v) is 7.11. The van der Waals surface area contributed by atoms with Crippen molar-refractivity contribution in [2.45, 2.75) is 6.54 Å². The molecule has 0 fully saturated rings. The molecule has 4 rings (SSSR count). The van der Waals surface area contributed by atoms with E-state index in [-0.39, 0.29) is 18.3 Å². The van der Waals surface area contributed by atoms with Crippen molar-refractivity contribution in [2.75, 3.05) is 0 Å². The molecule has 0 aliphatic carbocycles. The van der Waals surface area contributed by atoms with Gasteiger partial charge in [-0.2, -0.15) is 4.68 Å². The summed E-state index contributed by atoms with van der Waals surface area (Å²) < 4.78 is 14.5. The van der Waals surface area contributed by atoms with Crippen LogP contribution in [-0.4, -0.2) is 26.1 Å². The molecule has 144 valence electrons. The standard InChI is InChI=1S/C21H16FN5OS/c22-17-10-8-15(9-11-17)14-23-21(28)19(13-18-7-4-12-29-18)27-20(24-25-26-27)16-5-2-1-3-6-16/h1-13H,14H2,(H,23,28)/b19-13-. The van der Waals surface area contributed by atoms with Crippen LogP contribution in [-0.2, 0) is 11.3 Å². The first-order valence-electron chi connectivity index (χ1n) is 8.83. The average Bonchev–Trinajstić information content (AvgIpc) is 3.44. The maximum absolute atomic E-state index is 13.1. The lowest BCUT2D eigenvalue weighted by Crippen LogP contribution is -2.27. The molecule has 8 heteroatoms. The van der Waals surface area contributed by atoms with E-state index in [2.05, 4.69) is 20.8 Å². The molecule has 1 amide bonds. The first-order chi connectivity index (χ1) is 14.2. The Morgan fingerprint density at radius 2 is 1.86 bits per heavy atom. The molecular formula is C21H16FN5OS. The summed E-state index contributed by atoms with van der Waals surface area (Å²) in [6, 6.07) is 19.2. The minimum Gasteiger partial charge on any atom is -0.347 e. The number of thiophene rings is 1. The molecule has 4 aromatic rings. The van der Waals surface area contributed by atoms with Crippen LogP contribution in [0.3, 0.4) is 0 Å². The summed E-state index contributed by atoms with van der Waals surface area (Å²) in [6.07, 6.45) is 1.74. The lowest BCUT2D eigenvalue weighted by Gasteiger charge is -2.11. The quantitative estimate of drug-likeness (QED) is 0.495. The fourth-order valence-electron chi connectivity index (χ4n) is 2.72. The van der Waals surface area contributed by atoms with Crippen molar-refractivity contribution < 1.29 is 9.18 Å². The lowest BCUT2D eigenvalue weighted by molar-refractivity contribution is -0.116. The van der Waals surface area contributed by atoms with Gasteiger partial charge < -0.3 is 5.32 Å². The molecule has 29 heavy (non-hydrogen) atoms. The van der Waals surface area contributed by atoms with Crippen LogP contribution in [0.15, 0.2) is 72.1 Å². The van der Waals surface area contributed by atoms with Crippen LogP contribution in [0.2, 0.25) is 0 Å². The highest BCUT2D eigenvalue weighted by molar-refractivity contribution is 7.10. The summed E-state index contributed by atoms with van der Waals surface area (Å²) in [5.74, 6) is -0.197. The van der Waals surface area contributed by atoms with Crippen molar-refractivity contribution in [1.82, 2.24) is 25.5 Å². The van der Waals surface area contributed by atoms with E-state index in [4.69, 9.17) is 0 Å². The number of carbonyl (C=O) groups is 1. The van der Waals surface area contributed by atoms with Gasteiger partial charge in [0.1, 0.15) is 11.5 Å². The van der Waals surface area contributed by atoms with Crippen molar-refractivity contribution in [3.05, 3.63) is 88.4 Å². The Hall–Kier alpha value is -3.65. The fourth-order valence-corrected chi connectivity index (χ4v) is 3.37. The van der Waals surface area contributed by atoms with Crippen LogP contribution in [0.1, 0.15) is 10.4 Å². The van der Waals surface area contributed by atoms with E-state index in [1.807, 2.05) is 47.8 Å². The Morgan fingerprint density at radius 3 is 2.59 bits per heavy atom. The van der Waals surface area contributed by atoms with Crippen molar-refractivity contribution in [3.8, 4) is 11.4 Å². The number of aromatic nitrogens is 4. The van der Waals surface area contributed by atoms with Gasteiger partial charge in [0.15, 0.2) is 5.82 Å². The Bertz CT molecular complexity index is 1120. The second-order valence-electron chi connectivity index (χ2n) is 6.13. The lowest BCUT2D eigenvalue weighted by atomic mass is 10.2. The molecule has 0 atom stereocenters. The van der Waals surface area contributed by atoms with E-state index in [0.717, 1.165) is 16.0 Å². The SMILES string of the molecule is O=C(NCc1ccc(F)cc1)/C(=C/c1cccs1)n1nnnc1-c1ccccc1. The zero-order valence-electron chi connectivity index (χ0n) is 15.2. The predicted octanol–water partition coefficient (Wildman–Crippen LogP) is 3.86. The van der Waals surface area contributed by atoms with Crippen LogP contribution < -0.4 is 5.32 Å². The number of rotatable bonds is 6. The molecule has 0 saturated heterocycles. The average molecular weight is 405 g/mol. The number of nitrogens with zero attached hydrogens (tertiary/aromatic N) is 4. The van der Waals surface area contributed by atoms with Gasteiger partial charge in [0, 0.05) is 17.0 Å². The molecule has 0 saturated carbocycles. The summed E-state index contributed by atoms with van der Waals surface area (Å²) in [6.45, 7) is 0.254. The number of nitrogens with one attached hydrogen (secondary N) is 1. The Kier molecular flexibility index (Phi) is 5.53. The maximum Gasteiger partial charge on any atom is 0.270 e. The first-order valence-corrected chi connectivity index (χ1v) is 9.71. The molecule has 2 aromatic heterocycles. The van der Waals surface area contributed by atoms with Crippen molar-refractivity contribution in [1.29, 1.82) is 0 Å². The summed E-state index contributed by atoms with van der Waals surface area (Å²) in [7, 11) is 0. The first kappa shape index (κ1) is 18.7. The van der Waals surface area contributed by atoms with E-state index in [1.165, 1.54) is 28.2 Å². The number of amides is 1. The van der Waals surface area contributed by atoms with Gasteiger partial charge in [-0.25, -0.2) is 4.39 Å². The largest absolute Gasteiger partial charge is 0.347 e. The molecule has 0 aliphatic heterocycles. The number of carbonyl (C=O) groups excluding carboxylic acids is 1. The Morgan fingerprint density at radius 1 is 1.07 bits per heavy atom. The molecule has 0 aliphatic rings. The Labute approximate surface area is 170 Å². The normalized spacial score (nSPS) is 11.4. The second kappa shape index (κ2) is 8.57. The van der Waals surface area contributed by atoms with Gasteiger partial charge in [-0.1, -0.05) is 48.5 Å². The van der Waals surface area contributed by atoms with Gasteiger partial charge >= 0.3 is 0 Å². The highest BCUT2D eigenvalue weighted by Gasteiger charge is 2.19. The van der Waals surface area contributed by atoms with Crippen molar-refractivity contribution in [3.63, 3.8) is 0 Å². The molecule has 1 N–H and O–H groups in total. The van der Waals surface area contributed by atoms with E-state index in [1.54, 1.807) is 18.2 Å². The van der Waals surface area contributed by atoms with Crippen LogP contribution in [0.25, 0.3) is 23.2 Å². The maximum atomic E-state index is 13.1. The smallest absolute Gasteiger partial charge is 0.270 e. The minimum absolute atomic E-state index is 0.254. The van der Waals surface area contributed by atoms with Crippen molar-refractivity contribution in [2.24, 2.45) is 0 Å². The van der Waals surface area contributed by atoms with Crippen LogP contribution in [0.4, 0.5) is 4.39 Å². The molecular weight excluding hydrogens is 389 g/mol. The summed E-state index contributed by atoms with van der Waals surface area (Å²) in [5.41, 5.74) is 1.87. The van der Waals surface area contributed by atoms with E-state index in [0.29, 0.717) is 11.5 Å². The zero-order chi connectivity index (χ0) is 20.1. The molecule has 0 bridgehead atoms. The third-order valence-electron chi connectivity index (χ3n) is 4.15. The van der Waals surface area contributed by atoms with Gasteiger partial charge in [0.2, 0.25) is 0 Å². The molecule has 0 unspecified atom stereocenters. The molecule has 0 spiro atoms. The van der Waals surface area contributed by atoms with Crippen LogP contribution in [0.5, 0.6) is 0 Å². The van der Waals surface area contributed by atoms with Gasteiger partial charge in [0.25, 0.3) is 5.91 Å². The van der Waals surface area contributed by atoms with E-state index < -0.39 is 0 Å². The topological polar surface area (TPSA) is 72.7 Å². The summed E-state index contributed by atoms with van der Waals surface area (Å²) in [4.78, 5) is 13.9. The number of benzene rings is 2. The highest BCUT2D eigenvalue weighted by atomic mass is 32.1. The molecule has 2 aromatic carbocycles. The number of hydrogen-bond donors (Lipinski definition) is 1. The number of hydrogen-bond acceptors (Lipinski definition) is 5. The van der Waals surface area contributed by atoms with Crippen LogP contribution >= 0.6 is 11.3 Å². The van der Waals surface area contributed by atoms with E-state index in [9.17, 15) is 9.18 Å². The van der Waals surface area contributed by atoms with Crippen LogP contribution in [0, 0.1) is 5.82 Å². The molecule has 0 radical (unpaired) electrons. The zero-order valence-corrected chi connectivity index (χ0v) is 16.0. The summed E-state index contributed by atoms with van der Waals surface area (Å²) >= 11 is 1.50. The summed E-state index contributed by atoms with van der Waals surface area (Å²) in [5, 5.41) is 16.7. The highest BCUT2D eigenvalue weighted by Crippen LogP contribution is 2.22. The van der Waals surface area contributed by atoms with Gasteiger partial charge in [-0.15, -0.1) is 16.4 Å². The minimum atomic E-state index is -0.341. The van der Waals surface area contributed by atoms with Gasteiger partial charge in [0.05, 0.1) is 0 Å². The number of halogens is 1. The predicted molar refractivity (Wildman–Crippen MR) is 110 cm³/mol.